The van der Waals surface area contributed by atoms with E-state index in [1.54, 1.807) is 0 Å². The van der Waals surface area contributed by atoms with Crippen molar-refractivity contribution in [1.82, 2.24) is 15.3 Å². The van der Waals surface area contributed by atoms with E-state index in [4.69, 9.17) is 4.98 Å². The Labute approximate surface area is 109 Å². The molecule has 0 spiro atoms. The summed E-state index contributed by atoms with van der Waals surface area (Å²) in [5.74, 6) is 1.75. The maximum absolute atomic E-state index is 4.88. The molecule has 0 saturated heterocycles. The van der Waals surface area contributed by atoms with Gasteiger partial charge in [-0.3, -0.25) is 0 Å². The molecular formula is C15H23N3. The molecule has 3 heteroatoms. The zero-order chi connectivity index (χ0) is 12.4. The summed E-state index contributed by atoms with van der Waals surface area (Å²) in [7, 11) is 0. The van der Waals surface area contributed by atoms with Crippen molar-refractivity contribution in [1.29, 1.82) is 0 Å². The summed E-state index contributed by atoms with van der Waals surface area (Å²) in [6, 6.07) is 0.483. The fourth-order valence-electron chi connectivity index (χ4n) is 3.40. The highest BCUT2D eigenvalue weighted by molar-refractivity contribution is 5.25. The van der Waals surface area contributed by atoms with Crippen molar-refractivity contribution in [3.63, 3.8) is 0 Å². The van der Waals surface area contributed by atoms with E-state index in [0.717, 1.165) is 18.8 Å². The number of fused-ring (bicyclic) bond motifs is 1. The first-order valence-electron chi connectivity index (χ1n) is 7.47. The minimum absolute atomic E-state index is 0.483. The Hall–Kier alpha value is -0.960. The fraction of sp³-hybridized carbons (Fsp3) is 0.733. The first-order chi connectivity index (χ1) is 8.88. The molecule has 2 aliphatic carbocycles. The van der Waals surface area contributed by atoms with Crippen LogP contribution >= 0.6 is 0 Å². The summed E-state index contributed by atoms with van der Waals surface area (Å²) in [6.07, 6.45) is 11.0. The van der Waals surface area contributed by atoms with Gasteiger partial charge in [0, 0.05) is 29.4 Å². The molecule has 3 nitrogen and oxygen atoms in total. The van der Waals surface area contributed by atoms with Gasteiger partial charge >= 0.3 is 0 Å². The molecule has 0 radical (unpaired) electrons. The van der Waals surface area contributed by atoms with E-state index < -0.39 is 0 Å². The van der Waals surface area contributed by atoms with Crippen LogP contribution < -0.4 is 5.32 Å². The topological polar surface area (TPSA) is 37.8 Å². The van der Waals surface area contributed by atoms with Crippen molar-refractivity contribution in [2.45, 2.75) is 63.8 Å². The lowest BCUT2D eigenvalue weighted by atomic mass is 9.92. The molecule has 1 heterocycles. The van der Waals surface area contributed by atoms with E-state index in [2.05, 4.69) is 23.4 Å². The number of rotatable bonds is 3. The van der Waals surface area contributed by atoms with Crippen molar-refractivity contribution >= 4 is 0 Å². The molecule has 0 aliphatic heterocycles. The van der Waals surface area contributed by atoms with E-state index in [1.165, 1.54) is 49.8 Å². The average Bonchev–Trinajstić information content (AvgIpc) is 2.93. The van der Waals surface area contributed by atoms with Crippen molar-refractivity contribution in [2.75, 3.05) is 6.54 Å². The number of aromatic nitrogens is 2. The molecule has 1 unspecified atom stereocenters. The molecule has 3 rings (SSSR count). The lowest BCUT2D eigenvalue weighted by molar-refractivity contribution is 0.460. The molecule has 1 saturated carbocycles. The monoisotopic (exact) mass is 245 g/mol. The Morgan fingerprint density at radius 1 is 1.22 bits per heavy atom. The minimum Gasteiger partial charge on any atom is -0.310 e. The van der Waals surface area contributed by atoms with Crippen molar-refractivity contribution in [3.8, 4) is 0 Å². The zero-order valence-electron chi connectivity index (χ0n) is 11.3. The predicted octanol–water partition coefficient (Wildman–Crippen LogP) is 3.12. The van der Waals surface area contributed by atoms with Crippen LogP contribution in [0.15, 0.2) is 6.20 Å². The van der Waals surface area contributed by atoms with Gasteiger partial charge in [-0.25, -0.2) is 9.97 Å². The molecule has 1 aromatic rings. The Morgan fingerprint density at radius 2 is 2.06 bits per heavy atom. The summed E-state index contributed by atoms with van der Waals surface area (Å²) >= 11 is 0. The van der Waals surface area contributed by atoms with Crippen molar-refractivity contribution < 1.29 is 0 Å². The van der Waals surface area contributed by atoms with Gasteiger partial charge in [0.25, 0.3) is 0 Å². The van der Waals surface area contributed by atoms with Crippen LogP contribution in [0.5, 0.6) is 0 Å². The van der Waals surface area contributed by atoms with E-state index in [0.29, 0.717) is 12.0 Å². The number of nitrogens with one attached hydrogen (secondary N) is 1. The highest BCUT2D eigenvalue weighted by Crippen LogP contribution is 2.34. The SMILES string of the molecule is CCNC1CCCc2nc(C3CCCC3)ncc21. The third-order valence-electron chi connectivity index (χ3n) is 4.37. The molecule has 1 aromatic heterocycles. The van der Waals surface area contributed by atoms with Crippen LogP contribution in [0.1, 0.15) is 74.5 Å². The zero-order valence-corrected chi connectivity index (χ0v) is 11.3. The molecule has 98 valence electrons. The van der Waals surface area contributed by atoms with E-state index >= 15 is 0 Å². The lowest BCUT2D eigenvalue weighted by Crippen LogP contribution is -2.26. The molecule has 1 atom stereocenters. The lowest BCUT2D eigenvalue weighted by Gasteiger charge is -2.25. The molecular weight excluding hydrogens is 222 g/mol. The van der Waals surface area contributed by atoms with Gasteiger partial charge in [0.2, 0.25) is 0 Å². The number of nitrogens with zero attached hydrogens (tertiary/aromatic N) is 2. The van der Waals surface area contributed by atoms with Gasteiger partial charge in [0.15, 0.2) is 0 Å². The third-order valence-corrected chi connectivity index (χ3v) is 4.37. The van der Waals surface area contributed by atoms with Crippen LogP contribution in [0.3, 0.4) is 0 Å². The molecule has 1 N–H and O–H groups in total. The maximum atomic E-state index is 4.88. The molecule has 2 aliphatic rings. The fourth-order valence-corrected chi connectivity index (χ4v) is 3.40. The van der Waals surface area contributed by atoms with Gasteiger partial charge in [-0.05, 0) is 38.6 Å². The van der Waals surface area contributed by atoms with Gasteiger partial charge in [-0.15, -0.1) is 0 Å². The summed E-state index contributed by atoms with van der Waals surface area (Å²) in [4.78, 5) is 9.53. The summed E-state index contributed by atoms with van der Waals surface area (Å²) in [6.45, 7) is 3.19. The number of hydrogen-bond acceptors (Lipinski definition) is 3. The van der Waals surface area contributed by atoms with Crippen LogP contribution in [-0.2, 0) is 6.42 Å². The maximum Gasteiger partial charge on any atom is 0.131 e. The normalized spacial score (nSPS) is 24.2. The van der Waals surface area contributed by atoms with Crippen molar-refractivity contribution in [3.05, 3.63) is 23.3 Å². The average molecular weight is 245 g/mol. The molecule has 18 heavy (non-hydrogen) atoms. The van der Waals surface area contributed by atoms with Gasteiger partial charge < -0.3 is 5.32 Å². The van der Waals surface area contributed by atoms with Crippen LogP contribution in [0.2, 0.25) is 0 Å². The number of aryl methyl sites for hydroxylation is 1. The largest absolute Gasteiger partial charge is 0.310 e. The van der Waals surface area contributed by atoms with Gasteiger partial charge in [-0.1, -0.05) is 19.8 Å². The van der Waals surface area contributed by atoms with Gasteiger partial charge in [0.05, 0.1) is 0 Å². The number of hydrogen-bond donors (Lipinski definition) is 1. The Kier molecular flexibility index (Phi) is 3.59. The molecule has 1 fully saturated rings. The quantitative estimate of drug-likeness (QED) is 0.889. The van der Waals surface area contributed by atoms with Crippen molar-refractivity contribution in [2.24, 2.45) is 0 Å². The standard InChI is InChI=1S/C15H23N3/c1-2-16-13-8-5-9-14-12(13)10-17-15(18-14)11-6-3-4-7-11/h10-11,13,16H,2-9H2,1H3. The highest BCUT2D eigenvalue weighted by atomic mass is 14.9. The Bertz CT molecular complexity index is 410. The second-order valence-corrected chi connectivity index (χ2v) is 5.61. The summed E-state index contributed by atoms with van der Waals surface area (Å²) in [5, 5.41) is 3.55. The second kappa shape index (κ2) is 5.35. The molecule has 0 amide bonds. The van der Waals surface area contributed by atoms with Crippen LogP contribution in [-0.4, -0.2) is 16.5 Å². The van der Waals surface area contributed by atoms with Crippen LogP contribution in [0.25, 0.3) is 0 Å². The smallest absolute Gasteiger partial charge is 0.131 e. The van der Waals surface area contributed by atoms with E-state index in [1.807, 2.05) is 0 Å². The second-order valence-electron chi connectivity index (χ2n) is 5.61. The molecule has 0 aromatic carbocycles. The van der Waals surface area contributed by atoms with Crippen LogP contribution in [0, 0.1) is 0 Å². The molecule has 0 bridgehead atoms. The Balaban J connectivity index is 1.85. The minimum atomic E-state index is 0.483. The van der Waals surface area contributed by atoms with E-state index in [9.17, 15) is 0 Å². The van der Waals surface area contributed by atoms with Crippen LogP contribution in [0.4, 0.5) is 0 Å². The summed E-state index contributed by atoms with van der Waals surface area (Å²) in [5.41, 5.74) is 2.66. The summed E-state index contributed by atoms with van der Waals surface area (Å²) < 4.78 is 0. The first kappa shape index (κ1) is 12.1. The van der Waals surface area contributed by atoms with Gasteiger partial charge in [-0.2, -0.15) is 0 Å². The Morgan fingerprint density at radius 3 is 2.83 bits per heavy atom. The first-order valence-corrected chi connectivity index (χ1v) is 7.47. The van der Waals surface area contributed by atoms with Gasteiger partial charge in [0.1, 0.15) is 5.82 Å². The highest BCUT2D eigenvalue weighted by Gasteiger charge is 2.24. The predicted molar refractivity (Wildman–Crippen MR) is 72.6 cm³/mol. The third kappa shape index (κ3) is 2.28. The van der Waals surface area contributed by atoms with E-state index in [-0.39, 0.29) is 0 Å².